The van der Waals surface area contributed by atoms with Gasteiger partial charge in [0.1, 0.15) is 11.6 Å². The normalized spacial score (nSPS) is 11.1. The monoisotopic (exact) mass is 383 g/mol. The van der Waals surface area contributed by atoms with Crippen LogP contribution in [0.25, 0.3) is 16.6 Å². The SMILES string of the molecule is COc1ccc(Cc2nc3cc(F)ccc3c3nc(N)nn23)c(OC)c1OC. The van der Waals surface area contributed by atoms with Crippen LogP contribution in [0.5, 0.6) is 17.2 Å². The predicted octanol–water partition coefficient (Wildman–Crippen LogP) is 2.62. The van der Waals surface area contributed by atoms with Crippen LogP contribution in [0.15, 0.2) is 30.3 Å². The maximum absolute atomic E-state index is 13.7. The second kappa shape index (κ2) is 6.84. The maximum Gasteiger partial charge on any atom is 0.240 e. The fourth-order valence-corrected chi connectivity index (χ4v) is 3.24. The molecular weight excluding hydrogens is 365 g/mol. The highest BCUT2D eigenvalue weighted by Gasteiger charge is 2.19. The standard InChI is InChI=1S/C19H18FN5O3/c1-26-14-7-4-10(16(27-2)17(14)28-3)8-15-22-13-9-11(20)5-6-12(13)18-23-19(21)24-25(15)18/h4-7,9H,8H2,1-3H3,(H2,21,24). The van der Waals surface area contributed by atoms with Gasteiger partial charge < -0.3 is 19.9 Å². The van der Waals surface area contributed by atoms with Gasteiger partial charge in [0.15, 0.2) is 17.1 Å². The van der Waals surface area contributed by atoms with Gasteiger partial charge in [-0.15, -0.1) is 5.10 Å². The van der Waals surface area contributed by atoms with Gasteiger partial charge in [-0.1, -0.05) is 6.07 Å². The van der Waals surface area contributed by atoms with Gasteiger partial charge in [-0.3, -0.25) is 0 Å². The van der Waals surface area contributed by atoms with Crippen molar-refractivity contribution in [1.82, 2.24) is 19.6 Å². The molecule has 2 aromatic carbocycles. The van der Waals surface area contributed by atoms with E-state index in [9.17, 15) is 4.39 Å². The number of rotatable bonds is 5. The van der Waals surface area contributed by atoms with E-state index >= 15 is 0 Å². The second-order valence-corrected chi connectivity index (χ2v) is 6.07. The van der Waals surface area contributed by atoms with Gasteiger partial charge >= 0.3 is 0 Å². The Balaban J connectivity index is 1.92. The van der Waals surface area contributed by atoms with Crippen LogP contribution in [0.4, 0.5) is 10.3 Å². The molecule has 0 amide bonds. The van der Waals surface area contributed by atoms with E-state index < -0.39 is 0 Å². The number of anilines is 1. The number of methoxy groups -OCH3 is 3. The van der Waals surface area contributed by atoms with Crippen molar-refractivity contribution in [2.45, 2.75) is 6.42 Å². The first kappa shape index (κ1) is 17.8. The topological polar surface area (TPSA) is 96.8 Å². The van der Waals surface area contributed by atoms with Crippen molar-refractivity contribution in [1.29, 1.82) is 0 Å². The number of ether oxygens (including phenoxy) is 3. The van der Waals surface area contributed by atoms with E-state index in [0.29, 0.717) is 46.0 Å². The van der Waals surface area contributed by atoms with Gasteiger partial charge in [0.2, 0.25) is 11.7 Å². The molecule has 0 spiro atoms. The molecular formula is C19H18FN5O3. The number of fused-ring (bicyclic) bond motifs is 3. The van der Waals surface area contributed by atoms with Gasteiger partial charge in [0.05, 0.1) is 26.8 Å². The molecule has 2 N–H and O–H groups in total. The minimum Gasteiger partial charge on any atom is -0.493 e. The lowest BCUT2D eigenvalue weighted by atomic mass is 10.1. The molecule has 0 saturated heterocycles. The largest absolute Gasteiger partial charge is 0.493 e. The van der Waals surface area contributed by atoms with Crippen molar-refractivity contribution in [3.63, 3.8) is 0 Å². The third-order valence-electron chi connectivity index (χ3n) is 4.45. The summed E-state index contributed by atoms with van der Waals surface area (Å²) in [4.78, 5) is 8.85. The van der Waals surface area contributed by atoms with E-state index in [-0.39, 0.29) is 11.8 Å². The predicted molar refractivity (Wildman–Crippen MR) is 102 cm³/mol. The summed E-state index contributed by atoms with van der Waals surface area (Å²) >= 11 is 0. The van der Waals surface area contributed by atoms with Crippen molar-refractivity contribution in [2.24, 2.45) is 0 Å². The Labute approximate surface area is 159 Å². The first-order valence-electron chi connectivity index (χ1n) is 8.44. The second-order valence-electron chi connectivity index (χ2n) is 6.07. The summed E-state index contributed by atoms with van der Waals surface area (Å²) in [6, 6.07) is 7.96. The van der Waals surface area contributed by atoms with Crippen LogP contribution in [0.2, 0.25) is 0 Å². The Kier molecular flexibility index (Phi) is 4.34. The average molecular weight is 383 g/mol. The summed E-state index contributed by atoms with van der Waals surface area (Å²) in [5.41, 5.74) is 7.58. The first-order chi connectivity index (χ1) is 13.5. The lowest BCUT2D eigenvalue weighted by Gasteiger charge is -2.16. The van der Waals surface area contributed by atoms with Crippen LogP contribution in [0, 0.1) is 5.82 Å². The van der Waals surface area contributed by atoms with Crippen molar-refractivity contribution in [3.8, 4) is 17.2 Å². The van der Waals surface area contributed by atoms with E-state index in [1.165, 1.54) is 19.2 Å². The molecule has 2 aromatic heterocycles. The van der Waals surface area contributed by atoms with Crippen molar-refractivity contribution >= 4 is 22.5 Å². The zero-order valence-corrected chi connectivity index (χ0v) is 15.6. The molecule has 0 bridgehead atoms. The molecule has 0 radical (unpaired) electrons. The van der Waals surface area contributed by atoms with E-state index in [1.54, 1.807) is 30.9 Å². The Morgan fingerprint density at radius 2 is 1.79 bits per heavy atom. The molecule has 0 atom stereocenters. The fourth-order valence-electron chi connectivity index (χ4n) is 3.24. The number of hydrogen-bond donors (Lipinski definition) is 1. The molecule has 144 valence electrons. The summed E-state index contributed by atoms with van der Waals surface area (Å²) in [6.45, 7) is 0. The van der Waals surface area contributed by atoms with Gasteiger partial charge in [0.25, 0.3) is 0 Å². The van der Waals surface area contributed by atoms with Gasteiger partial charge in [0, 0.05) is 23.4 Å². The van der Waals surface area contributed by atoms with Crippen molar-refractivity contribution in [2.75, 3.05) is 27.1 Å². The molecule has 0 aliphatic rings. The molecule has 4 aromatic rings. The Morgan fingerprint density at radius 1 is 1.00 bits per heavy atom. The number of aromatic nitrogens is 4. The maximum atomic E-state index is 13.7. The summed E-state index contributed by atoms with van der Waals surface area (Å²) < 4.78 is 31.6. The fraction of sp³-hybridized carbons (Fsp3) is 0.211. The summed E-state index contributed by atoms with van der Waals surface area (Å²) in [5, 5.41) is 4.90. The van der Waals surface area contributed by atoms with Crippen molar-refractivity contribution < 1.29 is 18.6 Å². The molecule has 0 fully saturated rings. The van der Waals surface area contributed by atoms with Crippen LogP contribution in [0.3, 0.4) is 0 Å². The quantitative estimate of drug-likeness (QED) is 0.566. The average Bonchev–Trinajstić information content (AvgIpc) is 3.09. The lowest BCUT2D eigenvalue weighted by Crippen LogP contribution is -2.07. The third-order valence-corrected chi connectivity index (χ3v) is 4.45. The molecule has 0 saturated carbocycles. The van der Waals surface area contributed by atoms with Crippen LogP contribution in [-0.4, -0.2) is 40.9 Å². The molecule has 2 heterocycles. The summed E-state index contributed by atoms with van der Waals surface area (Å²) in [5.74, 6) is 1.80. The summed E-state index contributed by atoms with van der Waals surface area (Å²) in [6.07, 6.45) is 0.329. The number of nitrogen functional groups attached to an aromatic ring is 1. The molecule has 0 unspecified atom stereocenters. The van der Waals surface area contributed by atoms with Crippen LogP contribution in [-0.2, 0) is 6.42 Å². The number of nitrogens with two attached hydrogens (primary N) is 1. The molecule has 0 aliphatic carbocycles. The van der Waals surface area contributed by atoms with Crippen LogP contribution >= 0.6 is 0 Å². The Bertz CT molecular complexity index is 1190. The van der Waals surface area contributed by atoms with E-state index in [1.807, 2.05) is 6.07 Å². The minimum atomic E-state index is -0.383. The number of hydrogen-bond acceptors (Lipinski definition) is 7. The Hall–Kier alpha value is -3.62. The zero-order valence-electron chi connectivity index (χ0n) is 15.6. The van der Waals surface area contributed by atoms with E-state index in [4.69, 9.17) is 19.9 Å². The summed E-state index contributed by atoms with van der Waals surface area (Å²) in [7, 11) is 4.64. The number of halogens is 1. The van der Waals surface area contributed by atoms with E-state index in [2.05, 4.69) is 15.1 Å². The van der Waals surface area contributed by atoms with Gasteiger partial charge in [-0.05, 0) is 18.2 Å². The molecule has 0 aliphatic heterocycles. The van der Waals surface area contributed by atoms with Gasteiger partial charge in [-0.2, -0.15) is 9.50 Å². The molecule has 28 heavy (non-hydrogen) atoms. The van der Waals surface area contributed by atoms with Crippen molar-refractivity contribution in [3.05, 3.63) is 47.5 Å². The number of benzene rings is 2. The molecule has 4 rings (SSSR count). The Morgan fingerprint density at radius 3 is 2.50 bits per heavy atom. The minimum absolute atomic E-state index is 0.110. The van der Waals surface area contributed by atoms with E-state index in [0.717, 1.165) is 5.56 Å². The highest BCUT2D eigenvalue weighted by Crippen LogP contribution is 2.40. The molecule has 8 nitrogen and oxygen atoms in total. The zero-order chi connectivity index (χ0) is 19.8. The van der Waals surface area contributed by atoms with Gasteiger partial charge in [-0.25, -0.2) is 9.37 Å². The van der Waals surface area contributed by atoms with Crippen LogP contribution in [0.1, 0.15) is 11.4 Å². The smallest absolute Gasteiger partial charge is 0.240 e. The number of nitrogens with zero attached hydrogens (tertiary/aromatic N) is 4. The highest BCUT2D eigenvalue weighted by molar-refractivity contribution is 5.91. The third kappa shape index (κ3) is 2.81. The lowest BCUT2D eigenvalue weighted by molar-refractivity contribution is 0.322. The first-order valence-corrected chi connectivity index (χ1v) is 8.44. The highest BCUT2D eigenvalue weighted by atomic mass is 19.1. The van der Waals surface area contributed by atoms with Crippen LogP contribution < -0.4 is 19.9 Å². The molecule has 9 heteroatoms.